The molecule has 368 valence electrons. The Kier molecular flexibility index (Phi) is 15.8. The monoisotopic (exact) mass is 883 g/mol. The van der Waals surface area contributed by atoms with Crippen molar-refractivity contribution in [2.75, 3.05) is 0 Å². The molecule has 9 saturated carbocycles. The van der Waals surface area contributed by atoms with Crippen molar-refractivity contribution in [1.29, 1.82) is 0 Å². The second-order valence-electron chi connectivity index (χ2n) is 29.3. The van der Waals surface area contributed by atoms with E-state index >= 15 is 0 Å². The van der Waals surface area contributed by atoms with Crippen LogP contribution in [-0.4, -0.2) is 46.1 Å². The van der Waals surface area contributed by atoms with Crippen LogP contribution in [0, 0.1) is 93.7 Å². The van der Waals surface area contributed by atoms with Gasteiger partial charge in [-0.05, 0) is 261 Å². The van der Waals surface area contributed by atoms with E-state index in [1.165, 1.54) is 128 Å². The van der Waals surface area contributed by atoms with E-state index in [2.05, 4.69) is 79.0 Å². The van der Waals surface area contributed by atoms with Crippen LogP contribution in [0.2, 0.25) is 0 Å². The number of hydrogen-bond acceptors (Lipinski definition) is 2. The van der Waals surface area contributed by atoms with Gasteiger partial charge < -0.3 is 0 Å². The molecule has 64 heavy (non-hydrogen) atoms. The van der Waals surface area contributed by atoms with Gasteiger partial charge in [-0.2, -0.15) is 0 Å². The molecule has 0 saturated heterocycles. The molecule has 0 heterocycles. The highest BCUT2D eigenvalue weighted by atomic mass is 15.3. The number of fused-ring (bicyclic) bond motifs is 2. The van der Waals surface area contributed by atoms with Gasteiger partial charge in [-0.1, -0.05) is 94.9 Å². The largest absolute Gasteiger partial charge is 0.294 e. The molecule has 2 heteroatoms. The summed E-state index contributed by atoms with van der Waals surface area (Å²) >= 11 is 0. The molecule has 2 nitrogen and oxygen atoms in total. The molecule has 0 aromatic carbocycles. The van der Waals surface area contributed by atoms with Crippen molar-refractivity contribution in [2.45, 2.75) is 298 Å². The van der Waals surface area contributed by atoms with Crippen molar-refractivity contribution in [1.82, 2.24) is 9.80 Å². The van der Waals surface area contributed by atoms with Crippen LogP contribution in [0.15, 0.2) is 0 Å². The molecule has 9 aliphatic carbocycles. The van der Waals surface area contributed by atoms with Gasteiger partial charge in [0.15, 0.2) is 0 Å². The lowest BCUT2D eigenvalue weighted by atomic mass is 9.49. The first-order valence-electron chi connectivity index (χ1n) is 30.2. The highest BCUT2D eigenvalue weighted by Crippen LogP contribution is 2.61. The van der Waals surface area contributed by atoms with E-state index in [4.69, 9.17) is 0 Å². The van der Waals surface area contributed by atoms with Gasteiger partial charge in [0.05, 0.1) is 0 Å². The minimum atomic E-state index is 0.418. The van der Waals surface area contributed by atoms with E-state index in [1.807, 2.05) is 0 Å². The van der Waals surface area contributed by atoms with Crippen LogP contribution >= 0.6 is 0 Å². The third-order valence-electron chi connectivity index (χ3n) is 23.4. The Morgan fingerprint density at radius 2 is 0.500 bits per heavy atom. The molecule has 9 fully saturated rings. The van der Waals surface area contributed by atoms with Gasteiger partial charge >= 0.3 is 0 Å². The first kappa shape index (κ1) is 48.9. The van der Waals surface area contributed by atoms with Crippen LogP contribution in [0.5, 0.6) is 0 Å². The van der Waals surface area contributed by atoms with Crippen molar-refractivity contribution in [3.63, 3.8) is 0 Å². The van der Waals surface area contributed by atoms with Crippen LogP contribution < -0.4 is 0 Å². The summed E-state index contributed by atoms with van der Waals surface area (Å²) in [6.45, 7) is 26.2. The molecule has 0 amide bonds. The molecule has 8 unspecified atom stereocenters. The molecular weight excluding hydrogens is 773 g/mol. The fourth-order valence-electron chi connectivity index (χ4n) is 19.1. The zero-order chi connectivity index (χ0) is 44.9. The molecule has 8 atom stereocenters. The summed E-state index contributed by atoms with van der Waals surface area (Å²) in [7, 11) is 0. The SMILES string of the molecule is CC1CCC(C2CCC(N(C3CCC(C)CC3)C3C4CCC(C(C)(C)C)CC4C(N(C4CCC(C)CC4)C4CCC(C5CCC(C)CC5)CC4)C4CCC(C(C)(C)C)CC43)CC2)CC1. The minimum Gasteiger partial charge on any atom is -0.294 e. The van der Waals surface area contributed by atoms with Gasteiger partial charge in [-0.15, -0.1) is 0 Å². The average Bonchev–Trinajstić information content (AvgIpc) is 3.28. The van der Waals surface area contributed by atoms with E-state index in [0.717, 1.165) is 119 Å². The second-order valence-corrected chi connectivity index (χ2v) is 29.3. The molecule has 0 spiro atoms. The predicted molar refractivity (Wildman–Crippen MR) is 275 cm³/mol. The Morgan fingerprint density at radius 1 is 0.266 bits per heavy atom. The Labute approximate surface area is 399 Å². The zero-order valence-electron chi connectivity index (χ0n) is 44.7. The molecular formula is C62H110N2. The van der Waals surface area contributed by atoms with E-state index < -0.39 is 0 Å². The van der Waals surface area contributed by atoms with Gasteiger partial charge in [0, 0.05) is 36.3 Å². The van der Waals surface area contributed by atoms with Crippen LogP contribution in [0.4, 0.5) is 0 Å². The Hall–Kier alpha value is -0.0800. The average molecular weight is 884 g/mol. The van der Waals surface area contributed by atoms with Crippen molar-refractivity contribution in [3.05, 3.63) is 0 Å². The predicted octanol–water partition coefficient (Wildman–Crippen LogP) is 17.4. The van der Waals surface area contributed by atoms with Crippen LogP contribution in [0.3, 0.4) is 0 Å². The Bertz CT molecular complexity index is 1300. The van der Waals surface area contributed by atoms with E-state index in [1.54, 1.807) is 64.2 Å². The maximum atomic E-state index is 3.56. The topological polar surface area (TPSA) is 6.48 Å². The fourth-order valence-corrected chi connectivity index (χ4v) is 19.1. The van der Waals surface area contributed by atoms with Crippen LogP contribution in [-0.2, 0) is 0 Å². The number of rotatable bonds is 8. The first-order chi connectivity index (χ1) is 30.6. The summed E-state index contributed by atoms with van der Waals surface area (Å²) in [6, 6.07) is 5.07. The van der Waals surface area contributed by atoms with E-state index in [0.29, 0.717) is 10.8 Å². The van der Waals surface area contributed by atoms with Gasteiger partial charge in [0.2, 0.25) is 0 Å². The normalized spacial score (nSPS) is 47.8. The molecule has 0 N–H and O–H groups in total. The van der Waals surface area contributed by atoms with Crippen LogP contribution in [0.25, 0.3) is 0 Å². The Balaban J connectivity index is 1.08. The van der Waals surface area contributed by atoms with Gasteiger partial charge in [0.25, 0.3) is 0 Å². The molecule has 9 rings (SSSR count). The highest BCUT2D eigenvalue weighted by molar-refractivity contribution is 5.13. The lowest BCUT2D eigenvalue weighted by Gasteiger charge is -2.66. The molecule has 0 aromatic rings. The van der Waals surface area contributed by atoms with Crippen molar-refractivity contribution in [3.8, 4) is 0 Å². The van der Waals surface area contributed by atoms with Gasteiger partial charge in [0.1, 0.15) is 0 Å². The van der Waals surface area contributed by atoms with Crippen molar-refractivity contribution in [2.24, 2.45) is 93.7 Å². The zero-order valence-corrected chi connectivity index (χ0v) is 44.7. The summed E-state index contributed by atoms with van der Waals surface area (Å²) in [5, 5.41) is 0. The maximum Gasteiger partial charge on any atom is 0.0164 e. The molecule has 9 aliphatic rings. The molecule has 0 radical (unpaired) electrons. The summed E-state index contributed by atoms with van der Waals surface area (Å²) in [4.78, 5) is 7.11. The molecule has 0 bridgehead atoms. The summed E-state index contributed by atoms with van der Waals surface area (Å²) < 4.78 is 0. The highest BCUT2D eigenvalue weighted by Gasteiger charge is 2.60. The second kappa shape index (κ2) is 20.7. The van der Waals surface area contributed by atoms with E-state index in [9.17, 15) is 0 Å². The number of hydrogen-bond donors (Lipinski definition) is 0. The maximum absolute atomic E-state index is 3.56. The summed E-state index contributed by atoms with van der Waals surface area (Å²) in [5.41, 5.74) is 0.835. The van der Waals surface area contributed by atoms with Crippen molar-refractivity contribution < 1.29 is 0 Å². The lowest BCUT2D eigenvalue weighted by Crippen LogP contribution is -2.70. The van der Waals surface area contributed by atoms with E-state index in [-0.39, 0.29) is 0 Å². The first-order valence-corrected chi connectivity index (χ1v) is 30.2. The lowest BCUT2D eigenvalue weighted by molar-refractivity contribution is -0.166. The van der Waals surface area contributed by atoms with Crippen molar-refractivity contribution >= 4 is 0 Å². The van der Waals surface area contributed by atoms with Gasteiger partial charge in [-0.3, -0.25) is 9.80 Å². The van der Waals surface area contributed by atoms with Gasteiger partial charge in [-0.25, -0.2) is 0 Å². The molecule has 0 aromatic heterocycles. The Morgan fingerprint density at radius 3 is 0.766 bits per heavy atom. The quantitative estimate of drug-likeness (QED) is 0.240. The smallest absolute Gasteiger partial charge is 0.0164 e. The minimum absolute atomic E-state index is 0.418. The van der Waals surface area contributed by atoms with Crippen LogP contribution in [0.1, 0.15) is 262 Å². The summed E-state index contributed by atoms with van der Waals surface area (Å²) in [6.07, 6.45) is 45.6. The third kappa shape index (κ3) is 10.8. The standard InChI is InChI=1S/C62H110N2/c1-41-11-19-45(20-12-41)47-23-33-53(34-24-47)63(51-29-15-43(3)16-30-51)59-55-37-27-50(62(8,9)10)40-58(55)60(56-38-28-49(39-57(56)59)61(5,6)7)64(52-31-17-44(4)18-32-52)54-35-25-48(26-36-54)46-21-13-42(2)14-22-46/h41-60H,11-40H2,1-10H3. The number of nitrogens with zero attached hydrogens (tertiary/aromatic N) is 2. The molecule has 0 aliphatic heterocycles. The fraction of sp³-hybridized carbons (Fsp3) is 1.00. The summed E-state index contributed by atoms with van der Waals surface area (Å²) in [5.74, 6) is 13.3. The third-order valence-corrected chi connectivity index (χ3v) is 23.4.